The van der Waals surface area contributed by atoms with Crippen LogP contribution in [0.3, 0.4) is 0 Å². The molecule has 0 radical (unpaired) electrons. The fourth-order valence-corrected chi connectivity index (χ4v) is 2.63. The largest absolute Gasteiger partial charge is 0.508 e. The van der Waals surface area contributed by atoms with E-state index in [9.17, 15) is 15.0 Å². The first-order valence-corrected chi connectivity index (χ1v) is 8.83. The van der Waals surface area contributed by atoms with Crippen LogP contribution in [-0.2, 0) is 13.0 Å². The van der Waals surface area contributed by atoms with E-state index in [0.29, 0.717) is 23.8 Å². The number of hydrogen-bond acceptors (Lipinski definition) is 5. The summed E-state index contributed by atoms with van der Waals surface area (Å²) in [4.78, 5) is 13.9. The number of amides is 2. The molecular formula is C19H27N3O4. The van der Waals surface area contributed by atoms with E-state index in [4.69, 9.17) is 4.52 Å². The predicted octanol–water partition coefficient (Wildman–Crippen LogP) is 2.84. The van der Waals surface area contributed by atoms with Crippen LogP contribution in [0.5, 0.6) is 5.75 Å². The number of phenols is 1. The van der Waals surface area contributed by atoms with Crippen molar-refractivity contribution in [2.24, 2.45) is 5.92 Å². The van der Waals surface area contributed by atoms with Gasteiger partial charge in [0, 0.05) is 12.6 Å². The number of nitrogens with zero attached hydrogens (tertiary/aromatic N) is 2. The fourth-order valence-electron chi connectivity index (χ4n) is 2.63. The van der Waals surface area contributed by atoms with Gasteiger partial charge in [-0.3, -0.25) is 0 Å². The zero-order valence-corrected chi connectivity index (χ0v) is 15.5. The van der Waals surface area contributed by atoms with Gasteiger partial charge in [-0.2, -0.15) is 0 Å². The lowest BCUT2D eigenvalue weighted by Crippen LogP contribution is -2.41. The van der Waals surface area contributed by atoms with Gasteiger partial charge in [0.15, 0.2) is 5.76 Å². The number of nitrogens with one attached hydrogen (secondary N) is 1. The number of urea groups is 1. The maximum atomic E-state index is 12.4. The van der Waals surface area contributed by atoms with Crippen LogP contribution in [0.25, 0.3) is 0 Å². The maximum Gasteiger partial charge on any atom is 0.317 e. The summed E-state index contributed by atoms with van der Waals surface area (Å²) >= 11 is 0. The monoisotopic (exact) mass is 361 g/mol. The summed E-state index contributed by atoms with van der Waals surface area (Å²) in [6, 6.07) is 7.93. The van der Waals surface area contributed by atoms with E-state index in [-0.39, 0.29) is 24.9 Å². The van der Waals surface area contributed by atoms with Crippen molar-refractivity contribution in [1.29, 1.82) is 0 Å². The van der Waals surface area contributed by atoms with E-state index in [0.717, 1.165) is 12.1 Å². The van der Waals surface area contributed by atoms with Gasteiger partial charge >= 0.3 is 6.03 Å². The number of aromatic nitrogens is 1. The molecule has 3 N–H and O–H groups in total. The van der Waals surface area contributed by atoms with Crippen molar-refractivity contribution in [2.75, 3.05) is 13.1 Å². The Labute approximate surface area is 153 Å². The summed E-state index contributed by atoms with van der Waals surface area (Å²) in [5, 5.41) is 26.6. The van der Waals surface area contributed by atoms with Crippen LogP contribution in [0.2, 0.25) is 0 Å². The highest BCUT2D eigenvalue weighted by Gasteiger charge is 2.18. The Bertz CT molecular complexity index is 714. The van der Waals surface area contributed by atoms with E-state index in [2.05, 4.69) is 24.3 Å². The van der Waals surface area contributed by atoms with E-state index < -0.39 is 6.10 Å². The van der Waals surface area contributed by atoms with Crippen LogP contribution < -0.4 is 5.32 Å². The summed E-state index contributed by atoms with van der Waals surface area (Å²) in [7, 11) is 0. The lowest BCUT2D eigenvalue weighted by molar-refractivity contribution is 0.123. The Kier molecular flexibility index (Phi) is 7.03. The second-order valence-electron chi connectivity index (χ2n) is 6.69. The van der Waals surface area contributed by atoms with Crippen LogP contribution in [0, 0.1) is 5.92 Å². The highest BCUT2D eigenvalue weighted by molar-refractivity contribution is 5.74. The third-order valence-corrected chi connectivity index (χ3v) is 3.96. The van der Waals surface area contributed by atoms with Crippen LogP contribution in [-0.4, -0.2) is 39.4 Å². The summed E-state index contributed by atoms with van der Waals surface area (Å²) < 4.78 is 5.23. The van der Waals surface area contributed by atoms with Gasteiger partial charge in [0.1, 0.15) is 5.75 Å². The van der Waals surface area contributed by atoms with E-state index in [1.165, 1.54) is 17.0 Å². The number of aliphatic hydroxyl groups is 1. The van der Waals surface area contributed by atoms with Crippen molar-refractivity contribution in [3.8, 4) is 5.75 Å². The molecular weight excluding hydrogens is 334 g/mol. The van der Waals surface area contributed by atoms with Gasteiger partial charge in [0.05, 0.1) is 24.9 Å². The molecule has 1 aromatic carbocycles. The minimum absolute atomic E-state index is 0.0802. The van der Waals surface area contributed by atoms with Gasteiger partial charge in [-0.15, -0.1) is 0 Å². The fraction of sp³-hybridized carbons (Fsp3) is 0.474. The quantitative estimate of drug-likeness (QED) is 0.671. The molecule has 2 aromatic rings. The molecule has 26 heavy (non-hydrogen) atoms. The number of likely N-dealkylation sites (N-methyl/N-ethyl adjacent to an activating group) is 1. The van der Waals surface area contributed by atoms with Crippen LogP contribution in [0.15, 0.2) is 34.9 Å². The van der Waals surface area contributed by atoms with Gasteiger partial charge in [-0.1, -0.05) is 31.1 Å². The standard InChI is InChI=1S/C19H27N3O4/c1-4-22(12-18(24)14-6-5-7-16(23)9-14)19(25)20-11-17-10-15(21-26-17)8-13(2)3/h5-7,9-10,13,18,23-24H,4,8,11-12H2,1-3H3,(H,20,25). The van der Waals surface area contributed by atoms with Crippen LogP contribution in [0.4, 0.5) is 4.79 Å². The molecule has 2 rings (SSSR count). The SMILES string of the molecule is CCN(CC(O)c1cccc(O)c1)C(=O)NCc1cc(CC(C)C)no1. The molecule has 0 fully saturated rings. The van der Waals surface area contributed by atoms with Gasteiger partial charge in [0.25, 0.3) is 0 Å². The molecule has 7 heteroatoms. The van der Waals surface area contributed by atoms with Crippen molar-refractivity contribution >= 4 is 6.03 Å². The average Bonchev–Trinajstić information content (AvgIpc) is 3.04. The van der Waals surface area contributed by atoms with Gasteiger partial charge in [-0.05, 0) is 37.0 Å². The third-order valence-electron chi connectivity index (χ3n) is 3.96. The minimum atomic E-state index is -0.879. The molecule has 0 aliphatic heterocycles. The average molecular weight is 361 g/mol. The van der Waals surface area contributed by atoms with Crippen LogP contribution in [0.1, 0.15) is 43.9 Å². The van der Waals surface area contributed by atoms with E-state index in [1.54, 1.807) is 12.1 Å². The van der Waals surface area contributed by atoms with Gasteiger partial charge < -0.3 is 25.0 Å². The van der Waals surface area contributed by atoms with E-state index >= 15 is 0 Å². The number of carbonyl (C=O) groups is 1. The van der Waals surface area contributed by atoms with Crippen molar-refractivity contribution in [2.45, 2.75) is 39.8 Å². The first-order chi connectivity index (χ1) is 12.4. The molecule has 142 valence electrons. The van der Waals surface area contributed by atoms with Crippen molar-refractivity contribution in [3.05, 3.63) is 47.3 Å². The lowest BCUT2D eigenvalue weighted by Gasteiger charge is -2.24. The summed E-state index contributed by atoms with van der Waals surface area (Å²) in [6.07, 6.45) is -0.0509. The lowest BCUT2D eigenvalue weighted by atomic mass is 10.1. The Balaban J connectivity index is 1.88. The molecule has 0 aliphatic rings. The number of aromatic hydroxyl groups is 1. The molecule has 0 aliphatic carbocycles. The first kappa shape index (κ1) is 19.8. The molecule has 7 nitrogen and oxygen atoms in total. The number of hydrogen-bond donors (Lipinski definition) is 3. The van der Waals surface area contributed by atoms with Gasteiger partial charge in [-0.25, -0.2) is 4.79 Å². The molecule has 0 spiro atoms. The zero-order chi connectivity index (χ0) is 19.1. The Hall–Kier alpha value is -2.54. The van der Waals surface area contributed by atoms with E-state index in [1.807, 2.05) is 13.0 Å². The topological polar surface area (TPSA) is 98.8 Å². The summed E-state index contributed by atoms with van der Waals surface area (Å²) in [5.41, 5.74) is 1.43. The summed E-state index contributed by atoms with van der Waals surface area (Å²) in [5.74, 6) is 1.16. The smallest absolute Gasteiger partial charge is 0.317 e. The molecule has 2 amide bonds. The minimum Gasteiger partial charge on any atom is -0.508 e. The Morgan fingerprint density at radius 1 is 1.35 bits per heavy atom. The number of rotatable bonds is 8. The Morgan fingerprint density at radius 3 is 2.77 bits per heavy atom. The number of carbonyl (C=O) groups excluding carboxylic acids is 1. The van der Waals surface area contributed by atoms with Crippen molar-refractivity contribution < 1.29 is 19.5 Å². The summed E-state index contributed by atoms with van der Waals surface area (Å²) in [6.45, 7) is 6.85. The zero-order valence-electron chi connectivity index (χ0n) is 15.5. The predicted molar refractivity (Wildman–Crippen MR) is 97.6 cm³/mol. The molecule has 1 heterocycles. The van der Waals surface area contributed by atoms with Crippen LogP contribution >= 0.6 is 0 Å². The number of phenolic OH excluding ortho intramolecular Hbond substituents is 1. The first-order valence-electron chi connectivity index (χ1n) is 8.83. The Morgan fingerprint density at radius 2 is 2.12 bits per heavy atom. The number of aliphatic hydroxyl groups excluding tert-OH is 1. The number of benzene rings is 1. The molecule has 0 saturated carbocycles. The molecule has 0 saturated heterocycles. The second kappa shape index (κ2) is 9.24. The second-order valence-corrected chi connectivity index (χ2v) is 6.69. The molecule has 1 unspecified atom stereocenters. The normalized spacial score (nSPS) is 12.2. The third kappa shape index (κ3) is 5.77. The molecule has 0 bridgehead atoms. The highest BCUT2D eigenvalue weighted by atomic mass is 16.5. The van der Waals surface area contributed by atoms with Crippen molar-refractivity contribution in [1.82, 2.24) is 15.4 Å². The molecule has 1 atom stereocenters. The maximum absolute atomic E-state index is 12.4. The van der Waals surface area contributed by atoms with Crippen molar-refractivity contribution in [3.63, 3.8) is 0 Å². The molecule has 1 aromatic heterocycles. The van der Waals surface area contributed by atoms with Gasteiger partial charge in [0.2, 0.25) is 0 Å². The highest BCUT2D eigenvalue weighted by Crippen LogP contribution is 2.19.